The third-order valence-corrected chi connectivity index (χ3v) is 3.37. The summed E-state index contributed by atoms with van der Waals surface area (Å²) in [6.45, 7) is 0.335. The van der Waals surface area contributed by atoms with Crippen molar-refractivity contribution in [1.29, 1.82) is 0 Å². The lowest BCUT2D eigenvalue weighted by molar-refractivity contribution is -0.141. The number of aliphatic carboxylic acids is 1. The number of carboxylic acids is 1. The average molecular weight is 294 g/mol. The van der Waals surface area contributed by atoms with E-state index in [2.05, 4.69) is 20.6 Å². The van der Waals surface area contributed by atoms with Gasteiger partial charge in [0.1, 0.15) is 12.1 Å². The summed E-state index contributed by atoms with van der Waals surface area (Å²) in [5, 5.41) is 14.3. The first-order valence-electron chi connectivity index (χ1n) is 6.68. The minimum absolute atomic E-state index is 0.119. The van der Waals surface area contributed by atoms with Gasteiger partial charge in [0, 0.05) is 19.2 Å². The molecular weight excluding hydrogens is 276 g/mol. The number of aromatic nitrogens is 2. The molecule has 0 aliphatic heterocycles. The molecule has 0 saturated heterocycles. The van der Waals surface area contributed by atoms with E-state index in [1.165, 1.54) is 6.33 Å². The molecule has 8 nitrogen and oxygen atoms in total. The molecule has 1 fully saturated rings. The van der Waals surface area contributed by atoms with Crippen LogP contribution in [0.15, 0.2) is 12.4 Å². The molecule has 2 atom stereocenters. The first-order valence-corrected chi connectivity index (χ1v) is 6.68. The minimum atomic E-state index is -0.806. The lowest BCUT2D eigenvalue weighted by Crippen LogP contribution is -2.37. The quantitative estimate of drug-likeness (QED) is 0.746. The van der Waals surface area contributed by atoms with Gasteiger partial charge in [0.2, 0.25) is 0 Å². The van der Waals surface area contributed by atoms with Gasteiger partial charge in [0.15, 0.2) is 0 Å². The molecule has 2 amide bonds. The number of anilines is 1. The lowest BCUT2D eigenvalue weighted by Gasteiger charge is -2.13. The fourth-order valence-corrected chi connectivity index (χ4v) is 2.37. The SMILES string of the molecule is COCc1cc(NC(=O)N[C@@H]2CC[C@H](C(=O)O)C2)ncn1. The van der Waals surface area contributed by atoms with Crippen LogP contribution in [0.3, 0.4) is 0 Å². The topological polar surface area (TPSA) is 113 Å². The highest BCUT2D eigenvalue weighted by Gasteiger charge is 2.30. The summed E-state index contributed by atoms with van der Waals surface area (Å²) in [4.78, 5) is 30.7. The average Bonchev–Trinajstić information content (AvgIpc) is 2.88. The normalized spacial score (nSPS) is 21.0. The number of carboxylic acid groups (broad SMARTS) is 1. The van der Waals surface area contributed by atoms with Crippen molar-refractivity contribution in [2.75, 3.05) is 12.4 Å². The Hall–Kier alpha value is -2.22. The van der Waals surface area contributed by atoms with E-state index in [1.807, 2.05) is 0 Å². The highest BCUT2D eigenvalue weighted by atomic mass is 16.5. The number of hydrogen-bond acceptors (Lipinski definition) is 5. The molecule has 3 N–H and O–H groups in total. The second-order valence-electron chi connectivity index (χ2n) is 4.97. The fraction of sp³-hybridized carbons (Fsp3) is 0.538. The number of methoxy groups -OCH3 is 1. The second kappa shape index (κ2) is 6.98. The number of carbonyl (C=O) groups excluding carboxylic acids is 1. The van der Waals surface area contributed by atoms with Crippen molar-refractivity contribution in [3.63, 3.8) is 0 Å². The van der Waals surface area contributed by atoms with Gasteiger partial charge in [-0.3, -0.25) is 10.1 Å². The number of carbonyl (C=O) groups is 2. The van der Waals surface area contributed by atoms with Gasteiger partial charge in [-0.1, -0.05) is 0 Å². The highest BCUT2D eigenvalue weighted by Crippen LogP contribution is 2.25. The molecular formula is C13H18N4O4. The Balaban J connectivity index is 1.85. The van der Waals surface area contributed by atoms with Crippen LogP contribution in [0.4, 0.5) is 10.6 Å². The number of rotatable bonds is 5. The molecule has 1 aromatic heterocycles. The van der Waals surface area contributed by atoms with Crippen LogP contribution >= 0.6 is 0 Å². The van der Waals surface area contributed by atoms with Crippen molar-refractivity contribution in [1.82, 2.24) is 15.3 Å². The zero-order valence-corrected chi connectivity index (χ0v) is 11.7. The van der Waals surface area contributed by atoms with Gasteiger partial charge in [0.25, 0.3) is 0 Å². The molecule has 0 radical (unpaired) electrons. The molecule has 114 valence electrons. The Bertz CT molecular complexity index is 523. The van der Waals surface area contributed by atoms with Crippen molar-refractivity contribution in [3.05, 3.63) is 18.1 Å². The number of nitrogens with one attached hydrogen (secondary N) is 2. The molecule has 1 aromatic rings. The fourth-order valence-electron chi connectivity index (χ4n) is 2.37. The monoisotopic (exact) mass is 294 g/mol. The number of urea groups is 1. The van der Waals surface area contributed by atoms with Gasteiger partial charge in [-0.2, -0.15) is 0 Å². The smallest absolute Gasteiger partial charge is 0.320 e. The molecule has 2 rings (SSSR count). The first kappa shape index (κ1) is 15.2. The van der Waals surface area contributed by atoms with Crippen molar-refractivity contribution >= 4 is 17.8 Å². The minimum Gasteiger partial charge on any atom is -0.481 e. The van der Waals surface area contributed by atoms with E-state index in [0.29, 0.717) is 37.4 Å². The number of nitrogens with zero attached hydrogens (tertiary/aromatic N) is 2. The maximum atomic E-state index is 11.9. The zero-order valence-electron chi connectivity index (χ0n) is 11.7. The molecule has 21 heavy (non-hydrogen) atoms. The Kier molecular flexibility index (Phi) is 5.04. The summed E-state index contributed by atoms with van der Waals surface area (Å²) in [6, 6.07) is 1.11. The van der Waals surface area contributed by atoms with E-state index in [4.69, 9.17) is 9.84 Å². The maximum Gasteiger partial charge on any atom is 0.320 e. The Morgan fingerprint density at radius 1 is 1.43 bits per heavy atom. The number of amides is 2. The van der Waals surface area contributed by atoms with Crippen LogP contribution < -0.4 is 10.6 Å². The van der Waals surface area contributed by atoms with E-state index in [9.17, 15) is 9.59 Å². The largest absolute Gasteiger partial charge is 0.481 e. The molecule has 0 unspecified atom stereocenters. The predicted octanol–water partition coefficient (Wildman–Crippen LogP) is 0.998. The second-order valence-corrected chi connectivity index (χ2v) is 4.97. The highest BCUT2D eigenvalue weighted by molar-refractivity contribution is 5.88. The first-order chi connectivity index (χ1) is 10.1. The maximum absolute atomic E-state index is 11.9. The number of hydrogen-bond donors (Lipinski definition) is 3. The van der Waals surface area contributed by atoms with Crippen LogP contribution in [-0.4, -0.2) is 40.2 Å². The van der Waals surface area contributed by atoms with Gasteiger partial charge < -0.3 is 15.2 Å². The summed E-state index contributed by atoms with van der Waals surface area (Å²) in [5.74, 6) is -0.801. The van der Waals surface area contributed by atoms with E-state index in [1.54, 1.807) is 13.2 Å². The van der Waals surface area contributed by atoms with E-state index >= 15 is 0 Å². The van der Waals surface area contributed by atoms with Crippen LogP contribution in [0.1, 0.15) is 25.0 Å². The van der Waals surface area contributed by atoms with E-state index in [-0.39, 0.29) is 12.0 Å². The number of ether oxygens (including phenoxy) is 1. The molecule has 1 saturated carbocycles. The molecule has 1 aliphatic carbocycles. The predicted molar refractivity (Wildman–Crippen MR) is 73.7 cm³/mol. The van der Waals surface area contributed by atoms with E-state index < -0.39 is 12.0 Å². The Morgan fingerprint density at radius 3 is 2.90 bits per heavy atom. The van der Waals surface area contributed by atoms with Crippen LogP contribution in [-0.2, 0) is 16.1 Å². The lowest BCUT2D eigenvalue weighted by atomic mass is 10.1. The van der Waals surface area contributed by atoms with Crippen molar-refractivity contribution in [3.8, 4) is 0 Å². The summed E-state index contributed by atoms with van der Waals surface area (Å²) < 4.78 is 4.96. The molecule has 0 bridgehead atoms. The molecule has 1 heterocycles. The Morgan fingerprint density at radius 2 is 2.24 bits per heavy atom. The zero-order chi connectivity index (χ0) is 15.2. The van der Waals surface area contributed by atoms with Gasteiger partial charge >= 0.3 is 12.0 Å². The van der Waals surface area contributed by atoms with Crippen LogP contribution in [0.25, 0.3) is 0 Å². The third kappa shape index (κ3) is 4.38. The van der Waals surface area contributed by atoms with Crippen LogP contribution in [0.5, 0.6) is 0 Å². The van der Waals surface area contributed by atoms with Crippen molar-refractivity contribution in [2.24, 2.45) is 5.92 Å². The summed E-state index contributed by atoms with van der Waals surface area (Å²) in [7, 11) is 1.56. The standard InChI is InChI=1S/C13H18N4O4/c1-21-6-10-5-11(15-7-14-10)17-13(20)16-9-3-2-8(4-9)12(18)19/h5,7-9H,2-4,6H2,1H3,(H,18,19)(H2,14,15,16,17,20)/t8-,9+/m0/s1. The van der Waals surface area contributed by atoms with Gasteiger partial charge in [0.05, 0.1) is 18.2 Å². The summed E-state index contributed by atoms with van der Waals surface area (Å²) in [5.41, 5.74) is 0.662. The van der Waals surface area contributed by atoms with Crippen molar-refractivity contribution in [2.45, 2.75) is 31.9 Å². The van der Waals surface area contributed by atoms with Crippen LogP contribution in [0, 0.1) is 5.92 Å². The third-order valence-electron chi connectivity index (χ3n) is 3.37. The molecule has 1 aliphatic rings. The molecule has 0 spiro atoms. The van der Waals surface area contributed by atoms with E-state index in [0.717, 1.165) is 0 Å². The van der Waals surface area contributed by atoms with Gasteiger partial charge in [-0.25, -0.2) is 14.8 Å². The van der Waals surface area contributed by atoms with Crippen molar-refractivity contribution < 1.29 is 19.4 Å². The summed E-state index contributed by atoms with van der Waals surface area (Å²) >= 11 is 0. The Labute approximate surface area is 121 Å². The van der Waals surface area contributed by atoms with Gasteiger partial charge in [-0.05, 0) is 19.3 Å². The molecule has 0 aromatic carbocycles. The van der Waals surface area contributed by atoms with Gasteiger partial charge in [-0.15, -0.1) is 0 Å². The van der Waals surface area contributed by atoms with Crippen LogP contribution in [0.2, 0.25) is 0 Å². The molecule has 8 heteroatoms. The summed E-state index contributed by atoms with van der Waals surface area (Å²) in [6.07, 6.45) is 3.07.